The molecule has 4 heterocycles. The van der Waals surface area contributed by atoms with Crippen LogP contribution in [-0.4, -0.2) is 73.0 Å². The molecule has 1 saturated carbocycles. The van der Waals surface area contributed by atoms with E-state index in [1.165, 1.54) is 4.31 Å². The minimum absolute atomic E-state index is 0.0192. The predicted molar refractivity (Wildman–Crippen MR) is 95.6 cm³/mol. The summed E-state index contributed by atoms with van der Waals surface area (Å²) >= 11 is 0. The van der Waals surface area contributed by atoms with Gasteiger partial charge in [0.25, 0.3) is 0 Å². The fourth-order valence-corrected chi connectivity index (χ4v) is 6.53. The number of alkyl halides is 3. The lowest BCUT2D eigenvalue weighted by Crippen LogP contribution is -2.74. The number of sulfonamides is 1. The van der Waals surface area contributed by atoms with Crippen molar-refractivity contribution in [3.05, 3.63) is 17.7 Å². The summed E-state index contributed by atoms with van der Waals surface area (Å²) in [6.07, 6.45) is -0.523. The van der Waals surface area contributed by atoms with Gasteiger partial charge in [-0.05, 0) is 25.7 Å². The summed E-state index contributed by atoms with van der Waals surface area (Å²) in [6.45, 7) is 4.07. The molecule has 5 rings (SSSR count). The van der Waals surface area contributed by atoms with Gasteiger partial charge in [0, 0.05) is 56.8 Å². The fraction of sp³-hybridized carbons (Fsp3) is 0.778. The zero-order valence-corrected chi connectivity index (χ0v) is 16.7. The molecular formula is C18H23F3N4O3S. The number of rotatable bonds is 4. The van der Waals surface area contributed by atoms with Crippen LogP contribution in [-0.2, 0) is 20.9 Å². The van der Waals surface area contributed by atoms with Crippen molar-refractivity contribution in [3.8, 4) is 0 Å². The molecule has 3 aliphatic heterocycles. The van der Waals surface area contributed by atoms with Crippen LogP contribution in [0.4, 0.5) is 13.2 Å². The van der Waals surface area contributed by atoms with E-state index in [-0.39, 0.29) is 21.9 Å². The molecular weight excluding hydrogens is 409 g/mol. The minimum atomic E-state index is -4.69. The topological polar surface area (TPSA) is 75.6 Å². The summed E-state index contributed by atoms with van der Waals surface area (Å²) in [5.41, 5.74) is -0.0107. The minimum Gasteiger partial charge on any atom is -0.381 e. The van der Waals surface area contributed by atoms with E-state index in [1.54, 1.807) is 0 Å². The van der Waals surface area contributed by atoms with E-state index < -0.39 is 22.0 Å². The normalized spacial score (nSPS) is 26.3. The number of aromatic nitrogens is 2. The van der Waals surface area contributed by atoms with Crippen LogP contribution in [0.1, 0.15) is 43.1 Å². The molecule has 1 aromatic heterocycles. The van der Waals surface area contributed by atoms with Gasteiger partial charge in [0.1, 0.15) is 4.90 Å². The molecule has 0 bridgehead atoms. The highest BCUT2D eigenvalue weighted by Crippen LogP contribution is 2.47. The Morgan fingerprint density at radius 1 is 1.07 bits per heavy atom. The van der Waals surface area contributed by atoms with Gasteiger partial charge in [0.15, 0.2) is 0 Å². The second-order valence-corrected chi connectivity index (χ2v) is 10.6. The van der Waals surface area contributed by atoms with Crippen molar-refractivity contribution in [1.82, 2.24) is 19.2 Å². The lowest BCUT2D eigenvalue weighted by molar-refractivity contribution is -0.145. The molecule has 1 spiro atoms. The van der Waals surface area contributed by atoms with Crippen LogP contribution < -0.4 is 0 Å². The summed E-state index contributed by atoms with van der Waals surface area (Å²) in [6, 6.07) is 0.504. The van der Waals surface area contributed by atoms with Gasteiger partial charge in [-0.15, -0.1) is 0 Å². The molecule has 1 aromatic rings. The quantitative estimate of drug-likeness (QED) is 0.723. The first-order chi connectivity index (χ1) is 13.7. The van der Waals surface area contributed by atoms with Crippen LogP contribution in [0.15, 0.2) is 11.1 Å². The Morgan fingerprint density at radius 3 is 2.31 bits per heavy atom. The number of likely N-dealkylation sites (tertiary alicyclic amines) is 1. The van der Waals surface area contributed by atoms with Crippen LogP contribution >= 0.6 is 0 Å². The van der Waals surface area contributed by atoms with Crippen molar-refractivity contribution in [2.75, 3.05) is 39.4 Å². The van der Waals surface area contributed by atoms with Crippen molar-refractivity contribution < 1.29 is 26.3 Å². The maximum absolute atomic E-state index is 13.1. The van der Waals surface area contributed by atoms with Gasteiger partial charge >= 0.3 is 6.18 Å². The van der Waals surface area contributed by atoms with Gasteiger partial charge in [0.05, 0.1) is 11.9 Å². The van der Waals surface area contributed by atoms with E-state index in [4.69, 9.17) is 4.74 Å². The maximum Gasteiger partial charge on any atom is 0.451 e. The molecule has 0 atom stereocenters. The maximum atomic E-state index is 13.1. The van der Waals surface area contributed by atoms with Crippen LogP contribution in [0.5, 0.6) is 0 Å². The first kappa shape index (κ1) is 19.7. The number of halogens is 3. The Labute approximate surface area is 167 Å². The summed E-state index contributed by atoms with van der Waals surface area (Å²) in [7, 11) is -3.89. The second kappa shape index (κ2) is 6.60. The summed E-state index contributed by atoms with van der Waals surface area (Å²) < 4.78 is 71.8. The molecule has 29 heavy (non-hydrogen) atoms. The number of ether oxygens (including phenoxy) is 1. The Hall–Kier alpha value is -1.30. The van der Waals surface area contributed by atoms with Crippen molar-refractivity contribution >= 4 is 10.0 Å². The fourth-order valence-electron chi connectivity index (χ4n) is 4.70. The zero-order valence-electron chi connectivity index (χ0n) is 15.9. The Bertz CT molecular complexity index is 899. The van der Waals surface area contributed by atoms with Gasteiger partial charge in [-0.2, -0.15) is 17.5 Å². The largest absolute Gasteiger partial charge is 0.451 e. The van der Waals surface area contributed by atoms with Crippen LogP contribution in [0.3, 0.4) is 0 Å². The molecule has 4 fully saturated rings. The van der Waals surface area contributed by atoms with Crippen LogP contribution in [0, 0.1) is 5.41 Å². The van der Waals surface area contributed by atoms with E-state index in [0.29, 0.717) is 32.0 Å². The standard InChI is InChI=1S/C18H23F3N4O3S/c19-18(20,21)16-22-7-14(15(23-16)12-1-2-12)29(26,27)25-10-17(11-25)8-24(9-17)13-3-5-28-6-4-13/h7,12-13H,1-6,8-11H2. The highest BCUT2D eigenvalue weighted by atomic mass is 32.2. The molecule has 0 unspecified atom stereocenters. The van der Waals surface area contributed by atoms with Gasteiger partial charge < -0.3 is 4.74 Å². The van der Waals surface area contributed by atoms with Crippen molar-refractivity contribution in [2.45, 2.75) is 48.7 Å². The van der Waals surface area contributed by atoms with E-state index >= 15 is 0 Å². The molecule has 0 N–H and O–H groups in total. The number of hydrogen-bond donors (Lipinski definition) is 0. The zero-order chi connectivity index (χ0) is 20.4. The van der Waals surface area contributed by atoms with E-state index in [1.807, 2.05) is 0 Å². The Balaban J connectivity index is 1.29. The van der Waals surface area contributed by atoms with Gasteiger partial charge in [-0.1, -0.05) is 0 Å². The number of nitrogens with zero attached hydrogens (tertiary/aromatic N) is 4. The molecule has 11 heteroatoms. The third-order valence-corrected chi connectivity index (χ3v) is 8.23. The first-order valence-electron chi connectivity index (χ1n) is 9.94. The molecule has 3 saturated heterocycles. The van der Waals surface area contributed by atoms with Crippen LogP contribution in [0.25, 0.3) is 0 Å². The highest BCUT2D eigenvalue weighted by Gasteiger charge is 2.57. The van der Waals surface area contributed by atoms with Crippen molar-refractivity contribution in [1.29, 1.82) is 0 Å². The van der Waals surface area contributed by atoms with E-state index in [9.17, 15) is 21.6 Å². The third kappa shape index (κ3) is 3.45. The van der Waals surface area contributed by atoms with E-state index in [0.717, 1.165) is 45.3 Å². The van der Waals surface area contributed by atoms with Gasteiger partial charge in [0.2, 0.25) is 15.8 Å². The van der Waals surface area contributed by atoms with Crippen LogP contribution in [0.2, 0.25) is 0 Å². The number of hydrogen-bond acceptors (Lipinski definition) is 6. The molecule has 7 nitrogen and oxygen atoms in total. The first-order valence-corrected chi connectivity index (χ1v) is 11.4. The Morgan fingerprint density at radius 2 is 1.72 bits per heavy atom. The van der Waals surface area contributed by atoms with Crippen molar-refractivity contribution in [3.63, 3.8) is 0 Å². The average molecular weight is 432 g/mol. The molecule has 0 amide bonds. The lowest BCUT2D eigenvalue weighted by atomic mass is 9.73. The summed E-state index contributed by atoms with van der Waals surface area (Å²) in [5, 5.41) is 0. The smallest absolute Gasteiger partial charge is 0.381 e. The SMILES string of the molecule is O=S(=O)(c1cnc(C(F)(F)F)nc1C1CC1)N1CC2(CN(C3CCOCC3)C2)C1. The van der Waals surface area contributed by atoms with Gasteiger partial charge in [-0.3, -0.25) is 4.90 Å². The van der Waals surface area contributed by atoms with Gasteiger partial charge in [-0.25, -0.2) is 18.4 Å². The predicted octanol–water partition coefficient (Wildman–Crippen LogP) is 1.86. The summed E-state index contributed by atoms with van der Waals surface area (Å²) in [5.74, 6) is -1.50. The summed E-state index contributed by atoms with van der Waals surface area (Å²) in [4.78, 5) is 9.13. The monoisotopic (exact) mass is 432 g/mol. The molecule has 0 aromatic carbocycles. The molecule has 1 aliphatic carbocycles. The lowest BCUT2D eigenvalue weighted by Gasteiger charge is -2.61. The molecule has 160 valence electrons. The molecule has 0 radical (unpaired) electrons. The van der Waals surface area contributed by atoms with Crippen molar-refractivity contribution in [2.24, 2.45) is 5.41 Å². The average Bonchev–Trinajstić information content (AvgIpc) is 3.44. The second-order valence-electron chi connectivity index (χ2n) is 8.74. The third-order valence-electron chi connectivity index (χ3n) is 6.43. The highest BCUT2D eigenvalue weighted by molar-refractivity contribution is 7.89. The Kier molecular flexibility index (Phi) is 4.47. The van der Waals surface area contributed by atoms with E-state index in [2.05, 4.69) is 14.9 Å². The molecule has 4 aliphatic rings.